The van der Waals surface area contributed by atoms with E-state index in [1.54, 1.807) is 0 Å². The first-order valence-corrected chi connectivity index (χ1v) is 7.70. The molecule has 1 saturated heterocycles. The Balaban J connectivity index is 2.17. The van der Waals surface area contributed by atoms with E-state index in [9.17, 15) is 0 Å². The molecule has 0 aromatic carbocycles. The van der Waals surface area contributed by atoms with Crippen molar-refractivity contribution < 1.29 is 0 Å². The molecule has 0 aliphatic carbocycles. The molecule has 0 N–H and O–H groups in total. The van der Waals surface area contributed by atoms with Crippen molar-refractivity contribution in [3.8, 4) is 0 Å². The Morgan fingerprint density at radius 3 is 2.70 bits per heavy atom. The van der Waals surface area contributed by atoms with E-state index in [2.05, 4.69) is 35.3 Å². The lowest BCUT2D eigenvalue weighted by Crippen LogP contribution is -2.38. The molecule has 1 fully saturated rings. The molecule has 0 saturated carbocycles. The quantitative estimate of drug-likeness (QED) is 0.803. The molecule has 3 rings (SSSR count). The zero-order chi connectivity index (χ0) is 14.3. The zero-order valence-electron chi connectivity index (χ0n) is 12.4. The molecule has 2 aromatic heterocycles. The zero-order valence-corrected chi connectivity index (χ0v) is 13.1. The average molecular weight is 293 g/mol. The molecule has 4 nitrogen and oxygen atoms in total. The van der Waals surface area contributed by atoms with Crippen molar-refractivity contribution in [3.05, 3.63) is 17.4 Å². The van der Waals surface area contributed by atoms with Gasteiger partial charge in [-0.3, -0.25) is 4.68 Å². The Hall–Kier alpha value is -1.29. The number of anilines is 1. The van der Waals surface area contributed by atoms with Crippen LogP contribution in [0, 0.1) is 0 Å². The fraction of sp³-hybridized carbons (Fsp3) is 0.600. The summed E-state index contributed by atoms with van der Waals surface area (Å²) in [7, 11) is 0. The number of aromatic nitrogens is 3. The summed E-state index contributed by atoms with van der Waals surface area (Å²) in [6.45, 7) is 8.85. The first-order valence-electron chi connectivity index (χ1n) is 7.32. The van der Waals surface area contributed by atoms with E-state index in [4.69, 9.17) is 16.7 Å². The van der Waals surface area contributed by atoms with Gasteiger partial charge in [-0.15, -0.1) is 0 Å². The summed E-state index contributed by atoms with van der Waals surface area (Å²) in [5, 5.41) is 6.53. The molecule has 20 heavy (non-hydrogen) atoms. The summed E-state index contributed by atoms with van der Waals surface area (Å²) in [5.41, 5.74) is 1.08. The van der Waals surface area contributed by atoms with Gasteiger partial charge in [0.15, 0.2) is 5.82 Å². The fourth-order valence-corrected chi connectivity index (χ4v) is 3.06. The lowest BCUT2D eigenvalue weighted by Gasteiger charge is -2.31. The minimum Gasteiger partial charge on any atom is -0.354 e. The van der Waals surface area contributed by atoms with Gasteiger partial charge in [0.25, 0.3) is 0 Å². The van der Waals surface area contributed by atoms with E-state index in [1.807, 2.05) is 12.3 Å². The molecule has 1 aliphatic heterocycles. The number of fused-ring (bicyclic) bond motifs is 1. The summed E-state index contributed by atoms with van der Waals surface area (Å²) in [6, 6.07) is 1.94. The first kappa shape index (κ1) is 13.7. The molecule has 3 heterocycles. The fourth-order valence-electron chi connectivity index (χ4n) is 2.91. The molecule has 0 spiro atoms. The van der Waals surface area contributed by atoms with Crippen LogP contribution in [0.4, 0.5) is 5.82 Å². The van der Waals surface area contributed by atoms with Gasteiger partial charge in [-0.1, -0.05) is 24.9 Å². The van der Waals surface area contributed by atoms with Crippen LogP contribution in [0.5, 0.6) is 0 Å². The second kappa shape index (κ2) is 4.92. The van der Waals surface area contributed by atoms with Gasteiger partial charge < -0.3 is 4.90 Å². The van der Waals surface area contributed by atoms with Gasteiger partial charge in [0, 0.05) is 25.4 Å². The van der Waals surface area contributed by atoms with Crippen LogP contribution >= 0.6 is 11.6 Å². The number of halogens is 1. The third kappa shape index (κ3) is 2.16. The summed E-state index contributed by atoms with van der Waals surface area (Å²) in [4.78, 5) is 6.55. The Morgan fingerprint density at radius 2 is 2.10 bits per heavy atom. The highest BCUT2D eigenvalue weighted by Crippen LogP contribution is 2.34. The van der Waals surface area contributed by atoms with Crippen molar-refractivity contribution in [1.82, 2.24) is 14.8 Å². The largest absolute Gasteiger partial charge is 0.354 e. The molecule has 2 aromatic rings. The Bertz CT molecular complexity index is 628. The van der Waals surface area contributed by atoms with E-state index in [1.165, 1.54) is 6.42 Å². The van der Waals surface area contributed by atoms with Gasteiger partial charge in [-0.05, 0) is 26.7 Å². The number of rotatable bonds is 4. The molecular formula is C15H21ClN4. The van der Waals surface area contributed by atoms with Crippen molar-refractivity contribution in [2.45, 2.75) is 45.6 Å². The second-order valence-electron chi connectivity index (χ2n) is 6.16. The lowest BCUT2D eigenvalue weighted by atomic mass is 9.99. The predicted octanol–water partition coefficient (Wildman–Crippen LogP) is 3.83. The van der Waals surface area contributed by atoms with Gasteiger partial charge in [-0.2, -0.15) is 5.10 Å². The lowest BCUT2D eigenvalue weighted by molar-refractivity contribution is 0.302. The molecule has 0 amide bonds. The number of hydrogen-bond donors (Lipinski definition) is 0. The average Bonchev–Trinajstić information content (AvgIpc) is 2.66. The van der Waals surface area contributed by atoms with E-state index in [0.29, 0.717) is 5.15 Å². The van der Waals surface area contributed by atoms with Crippen LogP contribution in [-0.4, -0.2) is 27.9 Å². The van der Waals surface area contributed by atoms with Gasteiger partial charge in [0.1, 0.15) is 5.15 Å². The highest BCUT2D eigenvalue weighted by atomic mass is 35.5. The van der Waals surface area contributed by atoms with Crippen LogP contribution in [0.1, 0.15) is 40.0 Å². The summed E-state index contributed by atoms with van der Waals surface area (Å²) >= 11 is 6.09. The standard InChI is InChI=1S/C15H21ClN4/c1-4-6-15(2,3)20-12-9-13(16)17-10-11(12)14(18-20)19-7-5-8-19/h9-10H,4-8H2,1-3H3. The van der Waals surface area contributed by atoms with E-state index < -0.39 is 0 Å². The first-order chi connectivity index (χ1) is 9.53. The minimum absolute atomic E-state index is 0.0131. The number of hydrogen-bond acceptors (Lipinski definition) is 3. The van der Waals surface area contributed by atoms with Crippen LogP contribution in [0.3, 0.4) is 0 Å². The molecule has 108 valence electrons. The highest BCUT2D eigenvalue weighted by molar-refractivity contribution is 6.30. The van der Waals surface area contributed by atoms with Gasteiger partial charge in [-0.25, -0.2) is 4.98 Å². The normalized spacial score (nSPS) is 15.7. The molecule has 0 unspecified atom stereocenters. The van der Waals surface area contributed by atoms with Gasteiger partial charge in [0.2, 0.25) is 0 Å². The van der Waals surface area contributed by atoms with E-state index >= 15 is 0 Å². The third-order valence-electron chi connectivity index (χ3n) is 4.10. The number of nitrogens with zero attached hydrogens (tertiary/aromatic N) is 4. The summed E-state index contributed by atoms with van der Waals surface area (Å²) < 4.78 is 2.13. The van der Waals surface area contributed by atoms with Crippen LogP contribution in [-0.2, 0) is 5.54 Å². The van der Waals surface area contributed by atoms with Crippen molar-refractivity contribution in [1.29, 1.82) is 0 Å². The monoisotopic (exact) mass is 292 g/mol. The summed E-state index contributed by atoms with van der Waals surface area (Å²) in [6.07, 6.45) is 5.32. The van der Waals surface area contributed by atoms with Crippen molar-refractivity contribution >= 4 is 28.3 Å². The van der Waals surface area contributed by atoms with Gasteiger partial charge in [0.05, 0.1) is 16.4 Å². The molecule has 0 atom stereocenters. The Kier molecular flexibility index (Phi) is 3.36. The third-order valence-corrected chi connectivity index (χ3v) is 4.31. The maximum absolute atomic E-state index is 6.09. The van der Waals surface area contributed by atoms with E-state index in [0.717, 1.165) is 42.7 Å². The topological polar surface area (TPSA) is 34.0 Å². The smallest absolute Gasteiger partial charge is 0.160 e. The van der Waals surface area contributed by atoms with Crippen molar-refractivity contribution in [2.75, 3.05) is 18.0 Å². The van der Waals surface area contributed by atoms with E-state index in [-0.39, 0.29) is 5.54 Å². The number of pyridine rings is 1. The molecule has 5 heteroatoms. The summed E-state index contributed by atoms with van der Waals surface area (Å²) in [5.74, 6) is 1.06. The van der Waals surface area contributed by atoms with Crippen LogP contribution in [0.25, 0.3) is 10.9 Å². The highest BCUT2D eigenvalue weighted by Gasteiger charge is 2.28. The predicted molar refractivity (Wildman–Crippen MR) is 83.6 cm³/mol. The van der Waals surface area contributed by atoms with Crippen molar-refractivity contribution in [3.63, 3.8) is 0 Å². The van der Waals surface area contributed by atoms with Crippen molar-refractivity contribution in [2.24, 2.45) is 0 Å². The van der Waals surface area contributed by atoms with Gasteiger partial charge >= 0.3 is 0 Å². The molecule has 0 bridgehead atoms. The Labute approximate surface area is 124 Å². The van der Waals surface area contributed by atoms with Crippen LogP contribution in [0.2, 0.25) is 5.15 Å². The van der Waals surface area contributed by atoms with Crippen LogP contribution in [0.15, 0.2) is 12.3 Å². The molecule has 1 aliphatic rings. The maximum atomic E-state index is 6.09. The maximum Gasteiger partial charge on any atom is 0.160 e. The molecular weight excluding hydrogens is 272 g/mol. The van der Waals surface area contributed by atoms with Crippen LogP contribution < -0.4 is 4.90 Å². The minimum atomic E-state index is -0.0131. The Morgan fingerprint density at radius 1 is 1.35 bits per heavy atom. The second-order valence-corrected chi connectivity index (χ2v) is 6.55. The SMILES string of the molecule is CCCC(C)(C)n1nc(N2CCC2)c2cnc(Cl)cc21. The molecule has 0 radical (unpaired) electrons.